The zero-order valence-electron chi connectivity index (χ0n) is 16.8. The molecule has 1 N–H and O–H groups in total. The zero-order valence-corrected chi connectivity index (χ0v) is 16.8. The second kappa shape index (κ2) is 7.33. The van der Waals surface area contributed by atoms with Gasteiger partial charge in [-0.1, -0.05) is 18.2 Å². The number of pyridine rings is 1. The van der Waals surface area contributed by atoms with E-state index < -0.39 is 0 Å². The van der Waals surface area contributed by atoms with Gasteiger partial charge in [-0.2, -0.15) is 5.10 Å². The molecule has 1 aromatic carbocycles. The van der Waals surface area contributed by atoms with Gasteiger partial charge in [-0.25, -0.2) is 9.67 Å². The molecule has 7 nitrogen and oxygen atoms in total. The van der Waals surface area contributed by atoms with E-state index in [9.17, 15) is 4.79 Å². The number of benzene rings is 1. The van der Waals surface area contributed by atoms with E-state index in [1.807, 2.05) is 42.8 Å². The number of hydrogen-bond acceptors (Lipinski definition) is 5. The molecule has 4 heterocycles. The highest BCUT2D eigenvalue weighted by molar-refractivity contribution is 6.06. The Hall–Kier alpha value is -3.61. The number of aromatic nitrogens is 3. The highest BCUT2D eigenvalue weighted by Crippen LogP contribution is 2.29. The maximum absolute atomic E-state index is 13.1. The van der Waals surface area contributed by atoms with Crippen molar-refractivity contribution in [2.45, 2.75) is 32.4 Å². The number of nitrogens with one attached hydrogen (secondary N) is 1. The Morgan fingerprint density at radius 1 is 1.27 bits per heavy atom. The minimum Gasteiger partial charge on any atom is -0.488 e. The van der Waals surface area contributed by atoms with E-state index in [0.717, 1.165) is 12.2 Å². The first kappa shape index (κ1) is 18.4. The molecule has 0 bridgehead atoms. The van der Waals surface area contributed by atoms with Crippen molar-refractivity contribution in [3.63, 3.8) is 0 Å². The van der Waals surface area contributed by atoms with Crippen molar-refractivity contribution in [2.24, 2.45) is 0 Å². The lowest BCUT2D eigenvalue weighted by atomic mass is 10.1. The van der Waals surface area contributed by atoms with Crippen molar-refractivity contribution in [3.8, 4) is 17.2 Å². The smallest absolute Gasteiger partial charge is 0.252 e. The lowest BCUT2D eigenvalue weighted by Gasteiger charge is -2.13. The maximum Gasteiger partial charge on any atom is 0.252 e. The summed E-state index contributed by atoms with van der Waals surface area (Å²) < 4.78 is 13.3. The van der Waals surface area contributed by atoms with Crippen LogP contribution in [0, 0.1) is 0 Å². The number of ether oxygens (including phenoxy) is 1. The van der Waals surface area contributed by atoms with Crippen molar-refractivity contribution in [2.75, 3.05) is 6.54 Å². The van der Waals surface area contributed by atoms with Crippen LogP contribution in [0.25, 0.3) is 22.5 Å². The van der Waals surface area contributed by atoms with Crippen molar-refractivity contribution >= 4 is 16.9 Å². The van der Waals surface area contributed by atoms with Crippen LogP contribution in [0.15, 0.2) is 59.3 Å². The highest BCUT2D eigenvalue weighted by Gasteiger charge is 2.24. The third-order valence-electron chi connectivity index (χ3n) is 5.28. The molecule has 0 spiro atoms. The Morgan fingerprint density at radius 3 is 2.90 bits per heavy atom. The molecule has 7 heteroatoms. The number of rotatable bonds is 5. The minimum absolute atomic E-state index is 0.0772. The van der Waals surface area contributed by atoms with Gasteiger partial charge >= 0.3 is 0 Å². The summed E-state index contributed by atoms with van der Waals surface area (Å²) in [6.07, 6.45) is 4.00. The van der Waals surface area contributed by atoms with Crippen LogP contribution in [0.4, 0.5) is 0 Å². The van der Waals surface area contributed by atoms with E-state index >= 15 is 0 Å². The summed E-state index contributed by atoms with van der Waals surface area (Å²) in [5.74, 6) is 1.32. The van der Waals surface area contributed by atoms with Gasteiger partial charge in [0.1, 0.15) is 17.5 Å². The molecule has 1 amide bonds. The monoisotopic (exact) mass is 402 g/mol. The molecule has 30 heavy (non-hydrogen) atoms. The number of fused-ring (bicyclic) bond motifs is 2. The van der Waals surface area contributed by atoms with E-state index in [4.69, 9.17) is 14.1 Å². The Balaban J connectivity index is 1.43. The van der Waals surface area contributed by atoms with Crippen LogP contribution in [0.3, 0.4) is 0 Å². The van der Waals surface area contributed by atoms with Gasteiger partial charge in [0.05, 0.1) is 30.0 Å². The van der Waals surface area contributed by atoms with E-state index in [0.29, 0.717) is 34.6 Å². The molecule has 1 atom stereocenters. The largest absolute Gasteiger partial charge is 0.488 e. The molecule has 0 radical (unpaired) electrons. The molecule has 0 fully saturated rings. The lowest BCUT2D eigenvalue weighted by Crippen LogP contribution is -2.34. The van der Waals surface area contributed by atoms with Crippen molar-refractivity contribution in [3.05, 3.63) is 66.1 Å². The molecule has 152 valence electrons. The first-order valence-corrected chi connectivity index (χ1v) is 10.0. The molecule has 0 saturated carbocycles. The summed E-state index contributed by atoms with van der Waals surface area (Å²) in [5, 5.41) is 8.18. The first-order valence-electron chi connectivity index (χ1n) is 10.0. The van der Waals surface area contributed by atoms with Crippen LogP contribution in [-0.4, -0.2) is 33.3 Å². The fourth-order valence-electron chi connectivity index (χ4n) is 3.80. The van der Waals surface area contributed by atoms with Crippen molar-refractivity contribution in [1.29, 1.82) is 0 Å². The molecule has 1 aliphatic heterocycles. The number of hydrogen-bond donors (Lipinski definition) is 1. The number of nitrogens with zero attached hydrogens (tertiary/aromatic N) is 3. The van der Waals surface area contributed by atoms with Crippen LogP contribution in [0.5, 0.6) is 5.75 Å². The average molecular weight is 402 g/mol. The molecule has 1 unspecified atom stereocenters. The molecule has 4 aromatic rings. The second-order valence-corrected chi connectivity index (χ2v) is 7.71. The van der Waals surface area contributed by atoms with E-state index in [1.54, 1.807) is 24.6 Å². The molecule has 1 aliphatic rings. The summed E-state index contributed by atoms with van der Waals surface area (Å²) in [4.78, 5) is 17.8. The third kappa shape index (κ3) is 3.22. The molecule has 0 saturated heterocycles. The lowest BCUT2D eigenvalue weighted by molar-refractivity contribution is 0.0935. The fourth-order valence-corrected chi connectivity index (χ4v) is 3.80. The van der Waals surface area contributed by atoms with Gasteiger partial charge in [0.15, 0.2) is 11.4 Å². The van der Waals surface area contributed by atoms with Gasteiger partial charge in [0, 0.05) is 12.5 Å². The third-order valence-corrected chi connectivity index (χ3v) is 5.28. The number of furan rings is 1. The van der Waals surface area contributed by atoms with E-state index in [1.165, 1.54) is 5.56 Å². The molecular weight excluding hydrogens is 380 g/mol. The minimum atomic E-state index is -0.182. The summed E-state index contributed by atoms with van der Waals surface area (Å²) in [7, 11) is 0. The molecule has 5 rings (SSSR count). The van der Waals surface area contributed by atoms with Gasteiger partial charge in [0.2, 0.25) is 0 Å². The molecule has 0 aliphatic carbocycles. The van der Waals surface area contributed by atoms with E-state index in [2.05, 4.69) is 16.5 Å². The number of carbonyl (C=O) groups is 1. The number of carbonyl (C=O) groups excluding carboxylic acids is 1. The summed E-state index contributed by atoms with van der Waals surface area (Å²) in [6.45, 7) is 4.48. The Kier molecular flexibility index (Phi) is 4.50. The Labute approximate surface area is 173 Å². The van der Waals surface area contributed by atoms with Gasteiger partial charge in [0.25, 0.3) is 5.91 Å². The van der Waals surface area contributed by atoms with Crippen LogP contribution in [0.1, 0.15) is 35.8 Å². The first-order chi connectivity index (χ1) is 14.6. The Morgan fingerprint density at radius 2 is 2.13 bits per heavy atom. The van der Waals surface area contributed by atoms with Crippen LogP contribution in [0.2, 0.25) is 0 Å². The van der Waals surface area contributed by atoms with Crippen molar-refractivity contribution in [1.82, 2.24) is 20.1 Å². The van der Waals surface area contributed by atoms with Gasteiger partial charge in [-0.15, -0.1) is 0 Å². The predicted molar refractivity (Wildman–Crippen MR) is 113 cm³/mol. The molecule has 3 aromatic heterocycles. The van der Waals surface area contributed by atoms with Crippen LogP contribution in [-0.2, 0) is 6.42 Å². The summed E-state index contributed by atoms with van der Waals surface area (Å²) in [6, 6.07) is 13.5. The Bertz CT molecular complexity index is 1190. The number of para-hydroxylation sites is 1. The predicted octanol–water partition coefficient (Wildman–Crippen LogP) is 4.01. The fraction of sp³-hybridized carbons (Fsp3) is 0.261. The highest BCUT2D eigenvalue weighted by atomic mass is 16.5. The topological polar surface area (TPSA) is 82.2 Å². The van der Waals surface area contributed by atoms with Gasteiger partial charge in [-0.05, 0) is 43.7 Å². The van der Waals surface area contributed by atoms with E-state index in [-0.39, 0.29) is 18.1 Å². The van der Waals surface area contributed by atoms with Crippen molar-refractivity contribution < 1.29 is 13.9 Å². The van der Waals surface area contributed by atoms with Gasteiger partial charge in [-0.3, -0.25) is 4.79 Å². The quantitative estimate of drug-likeness (QED) is 0.545. The number of amides is 1. The van der Waals surface area contributed by atoms with Gasteiger partial charge < -0.3 is 14.5 Å². The normalized spacial score (nSPS) is 15.4. The SMILES string of the molecule is CC(C)n1ncc2c(C(=O)NCC3Cc4ccccc4O3)cc(-c3ccco3)nc21. The summed E-state index contributed by atoms with van der Waals surface area (Å²) in [5.41, 5.74) is 2.95. The average Bonchev–Trinajstić information content (AvgIpc) is 3.49. The van der Waals surface area contributed by atoms with Crippen LogP contribution < -0.4 is 10.1 Å². The summed E-state index contributed by atoms with van der Waals surface area (Å²) >= 11 is 0. The second-order valence-electron chi connectivity index (χ2n) is 7.71. The maximum atomic E-state index is 13.1. The zero-order chi connectivity index (χ0) is 20.7. The standard InChI is InChI=1S/C23H22N4O3/c1-14(2)27-22-18(13-25-27)17(11-19(26-22)21-8-5-9-29-21)23(28)24-12-16-10-15-6-3-4-7-20(15)30-16/h3-9,11,13-14,16H,10,12H2,1-2H3,(H,24,28). The molecular formula is C23H22N4O3. The van der Waals surface area contributed by atoms with Crippen LogP contribution >= 0.6 is 0 Å².